The molecule has 0 fully saturated rings. The molecule has 0 saturated carbocycles. The molecule has 1 aromatic heterocycles. The molecule has 0 bridgehead atoms. The number of hydrogen-bond acceptors (Lipinski definition) is 2. The van der Waals surface area contributed by atoms with Crippen molar-refractivity contribution in [3.8, 4) is 17.0 Å². The molecule has 0 spiro atoms. The van der Waals surface area contributed by atoms with Crippen molar-refractivity contribution in [1.29, 1.82) is 0 Å². The van der Waals surface area contributed by atoms with E-state index in [0.29, 0.717) is 5.75 Å². The van der Waals surface area contributed by atoms with Crippen LogP contribution in [0.4, 0.5) is 0 Å². The molecule has 0 saturated heterocycles. The molecule has 90 valence electrons. The lowest BCUT2D eigenvalue weighted by Crippen LogP contribution is -1.96. The molecule has 2 N–H and O–H groups in total. The number of para-hydroxylation sites is 1. The van der Waals surface area contributed by atoms with E-state index in [1.54, 1.807) is 13.2 Å². The zero-order chi connectivity index (χ0) is 11.5. The van der Waals surface area contributed by atoms with E-state index >= 15 is 0 Å². The third-order valence-corrected chi connectivity index (χ3v) is 2.31. The van der Waals surface area contributed by atoms with Crippen molar-refractivity contribution in [3.05, 3.63) is 42.1 Å². The summed E-state index contributed by atoms with van der Waals surface area (Å²) >= 11 is 0. The molecule has 0 unspecified atom stereocenters. The lowest BCUT2D eigenvalue weighted by Gasteiger charge is -2.05. The fraction of sp³-hybridized carbons (Fsp3) is 0.0833. The Hall–Kier alpha value is -1.94. The summed E-state index contributed by atoms with van der Waals surface area (Å²) in [5.74, 6) is -0.262. The first-order chi connectivity index (χ1) is 7.72. The minimum Gasteiger partial charge on any atom is -0.496 e. The minimum atomic E-state index is -0.971. The lowest BCUT2D eigenvalue weighted by molar-refractivity contribution is 0.0691. The summed E-state index contributed by atoms with van der Waals surface area (Å²) in [6.45, 7) is 0. The van der Waals surface area contributed by atoms with E-state index in [1.807, 2.05) is 24.3 Å². The van der Waals surface area contributed by atoms with Crippen LogP contribution in [0.2, 0.25) is 0 Å². The van der Waals surface area contributed by atoms with Gasteiger partial charge in [0.25, 0.3) is 0 Å². The fourth-order valence-electron chi connectivity index (χ4n) is 1.54. The molecule has 2 rings (SSSR count). The van der Waals surface area contributed by atoms with Crippen LogP contribution in [0.1, 0.15) is 10.5 Å². The van der Waals surface area contributed by atoms with Crippen LogP contribution < -0.4 is 4.74 Å². The number of H-pyrrole nitrogens is 1. The average molecular weight is 254 g/mol. The Bertz CT molecular complexity index is 522. The third kappa shape index (κ3) is 2.60. The zero-order valence-electron chi connectivity index (χ0n) is 9.14. The Morgan fingerprint density at radius 1 is 1.24 bits per heavy atom. The molecule has 0 atom stereocenters. The van der Waals surface area contributed by atoms with Crippen molar-refractivity contribution >= 4 is 18.4 Å². The Labute approximate surface area is 105 Å². The van der Waals surface area contributed by atoms with E-state index in [2.05, 4.69) is 4.98 Å². The molecule has 2 aromatic rings. The normalized spacial score (nSPS) is 9.47. The summed E-state index contributed by atoms with van der Waals surface area (Å²) < 4.78 is 5.20. The highest BCUT2D eigenvalue weighted by atomic mass is 35.5. The second-order valence-corrected chi connectivity index (χ2v) is 3.29. The van der Waals surface area contributed by atoms with Crippen molar-refractivity contribution < 1.29 is 14.6 Å². The van der Waals surface area contributed by atoms with Gasteiger partial charge in [0.1, 0.15) is 11.4 Å². The number of ether oxygens (including phenoxy) is 1. The largest absolute Gasteiger partial charge is 0.496 e. The number of carbonyl (C=O) groups is 1. The molecule has 0 aliphatic heterocycles. The van der Waals surface area contributed by atoms with E-state index in [4.69, 9.17) is 9.84 Å². The number of methoxy groups -OCH3 is 1. The van der Waals surface area contributed by atoms with Crippen molar-refractivity contribution in [2.24, 2.45) is 0 Å². The maximum absolute atomic E-state index is 10.7. The van der Waals surface area contributed by atoms with Crippen LogP contribution >= 0.6 is 12.4 Å². The number of carboxylic acids is 1. The van der Waals surface area contributed by atoms with Crippen LogP contribution in [-0.2, 0) is 0 Å². The Morgan fingerprint density at radius 2 is 1.94 bits per heavy atom. The molecule has 17 heavy (non-hydrogen) atoms. The van der Waals surface area contributed by atoms with Crippen LogP contribution in [0.15, 0.2) is 36.4 Å². The highest BCUT2D eigenvalue weighted by Gasteiger charge is 2.10. The summed E-state index contributed by atoms with van der Waals surface area (Å²) in [5.41, 5.74) is 1.74. The van der Waals surface area contributed by atoms with Crippen LogP contribution in [0.5, 0.6) is 5.75 Å². The van der Waals surface area contributed by atoms with Gasteiger partial charge in [0.15, 0.2) is 0 Å². The lowest BCUT2D eigenvalue weighted by atomic mass is 10.1. The molecule has 0 amide bonds. The van der Waals surface area contributed by atoms with Gasteiger partial charge in [-0.1, -0.05) is 12.1 Å². The first-order valence-corrected chi connectivity index (χ1v) is 4.78. The number of carboxylic acid groups (broad SMARTS) is 1. The van der Waals surface area contributed by atoms with Gasteiger partial charge in [0.2, 0.25) is 0 Å². The molecule has 0 aliphatic carbocycles. The molecule has 1 aromatic carbocycles. The fourth-order valence-corrected chi connectivity index (χ4v) is 1.54. The van der Waals surface area contributed by atoms with E-state index in [-0.39, 0.29) is 18.1 Å². The van der Waals surface area contributed by atoms with Crippen molar-refractivity contribution in [1.82, 2.24) is 4.98 Å². The van der Waals surface area contributed by atoms with Crippen LogP contribution in [0.25, 0.3) is 11.3 Å². The van der Waals surface area contributed by atoms with E-state index < -0.39 is 5.97 Å². The monoisotopic (exact) mass is 253 g/mol. The molecule has 0 aliphatic rings. The standard InChI is InChI=1S/C12H11NO3.ClH/c1-16-11-5-3-2-4-8(11)9-6-7-10(13-9)12(14)15;/h2-7,13H,1H3,(H,14,15);1H. The molecular formula is C12H12ClNO3. The number of rotatable bonds is 3. The number of aromatic carboxylic acids is 1. The van der Waals surface area contributed by atoms with Crippen LogP contribution in [0, 0.1) is 0 Å². The predicted octanol–water partition coefficient (Wildman–Crippen LogP) is 2.81. The summed E-state index contributed by atoms with van der Waals surface area (Å²) in [6.07, 6.45) is 0. The minimum absolute atomic E-state index is 0. The van der Waals surface area contributed by atoms with Gasteiger partial charge < -0.3 is 14.8 Å². The summed E-state index contributed by atoms with van der Waals surface area (Å²) in [5, 5.41) is 8.81. The molecule has 4 nitrogen and oxygen atoms in total. The van der Waals surface area contributed by atoms with Gasteiger partial charge >= 0.3 is 5.97 Å². The molecule has 1 heterocycles. The van der Waals surface area contributed by atoms with Gasteiger partial charge in [0, 0.05) is 11.3 Å². The van der Waals surface area contributed by atoms with Crippen molar-refractivity contribution in [2.75, 3.05) is 7.11 Å². The molecular weight excluding hydrogens is 242 g/mol. The number of aromatic amines is 1. The zero-order valence-corrected chi connectivity index (χ0v) is 9.95. The summed E-state index contributed by atoms with van der Waals surface area (Å²) in [6, 6.07) is 10.7. The first-order valence-electron chi connectivity index (χ1n) is 4.78. The topological polar surface area (TPSA) is 62.3 Å². The Kier molecular flexibility index (Phi) is 4.17. The number of hydrogen-bond donors (Lipinski definition) is 2. The summed E-state index contributed by atoms with van der Waals surface area (Å²) in [4.78, 5) is 13.6. The highest BCUT2D eigenvalue weighted by Crippen LogP contribution is 2.28. The predicted molar refractivity (Wildman–Crippen MR) is 67.0 cm³/mol. The third-order valence-electron chi connectivity index (χ3n) is 2.31. The van der Waals surface area contributed by atoms with Crippen LogP contribution in [0.3, 0.4) is 0 Å². The quantitative estimate of drug-likeness (QED) is 0.884. The average Bonchev–Trinajstić information content (AvgIpc) is 2.78. The Balaban J connectivity index is 0.00000144. The maximum Gasteiger partial charge on any atom is 0.352 e. The van der Waals surface area contributed by atoms with Crippen molar-refractivity contribution in [3.63, 3.8) is 0 Å². The highest BCUT2D eigenvalue weighted by molar-refractivity contribution is 5.87. The van der Waals surface area contributed by atoms with E-state index in [9.17, 15) is 4.79 Å². The number of aromatic nitrogens is 1. The molecule has 0 radical (unpaired) electrons. The maximum atomic E-state index is 10.7. The van der Waals surface area contributed by atoms with Gasteiger partial charge in [-0.15, -0.1) is 12.4 Å². The smallest absolute Gasteiger partial charge is 0.352 e. The second-order valence-electron chi connectivity index (χ2n) is 3.29. The number of benzene rings is 1. The van der Waals surface area contributed by atoms with Gasteiger partial charge in [-0.3, -0.25) is 0 Å². The number of nitrogens with one attached hydrogen (secondary N) is 1. The number of halogens is 1. The van der Waals surface area contributed by atoms with Gasteiger partial charge in [-0.05, 0) is 24.3 Å². The van der Waals surface area contributed by atoms with Crippen molar-refractivity contribution in [2.45, 2.75) is 0 Å². The van der Waals surface area contributed by atoms with E-state index in [0.717, 1.165) is 11.3 Å². The SMILES string of the molecule is COc1ccccc1-c1ccc(C(=O)O)[nH]1.Cl. The molecule has 5 heteroatoms. The Morgan fingerprint density at radius 3 is 2.53 bits per heavy atom. The van der Waals surface area contributed by atoms with Gasteiger partial charge in [-0.25, -0.2) is 4.79 Å². The summed E-state index contributed by atoms with van der Waals surface area (Å²) in [7, 11) is 1.58. The van der Waals surface area contributed by atoms with Gasteiger partial charge in [0.05, 0.1) is 7.11 Å². The second kappa shape index (κ2) is 5.41. The van der Waals surface area contributed by atoms with E-state index in [1.165, 1.54) is 6.07 Å². The van der Waals surface area contributed by atoms with Gasteiger partial charge in [-0.2, -0.15) is 0 Å². The first kappa shape index (κ1) is 13.1. The van der Waals surface area contributed by atoms with Crippen LogP contribution in [-0.4, -0.2) is 23.2 Å².